The van der Waals surface area contributed by atoms with E-state index in [4.69, 9.17) is 10.8 Å². The molecule has 1 amide bonds. The highest BCUT2D eigenvalue weighted by Gasteiger charge is 2.17. The zero-order chi connectivity index (χ0) is 14.3. The third-order valence-electron chi connectivity index (χ3n) is 2.96. The Bertz CT molecular complexity index is 429. The van der Waals surface area contributed by atoms with Crippen molar-refractivity contribution in [1.82, 2.24) is 5.32 Å². The zero-order valence-electron chi connectivity index (χ0n) is 11.1. The highest BCUT2D eigenvalue weighted by atomic mass is 16.4. The number of aliphatic carboxylic acids is 1. The second-order valence-corrected chi connectivity index (χ2v) is 4.45. The Morgan fingerprint density at radius 3 is 2.32 bits per heavy atom. The molecule has 1 aromatic carbocycles. The Hall–Kier alpha value is -1.88. The minimum atomic E-state index is -0.966. The summed E-state index contributed by atoms with van der Waals surface area (Å²) in [6.45, 7) is 2.54. The van der Waals surface area contributed by atoms with Gasteiger partial charge in [0.05, 0.1) is 0 Å². The Balaban J connectivity index is 2.50. The van der Waals surface area contributed by atoms with Gasteiger partial charge in [0.25, 0.3) is 0 Å². The largest absolute Gasteiger partial charge is 0.480 e. The number of nitrogens with one attached hydrogen (secondary N) is 1. The van der Waals surface area contributed by atoms with Crippen molar-refractivity contribution in [2.45, 2.75) is 38.8 Å². The third-order valence-corrected chi connectivity index (χ3v) is 2.96. The lowest BCUT2D eigenvalue weighted by molar-refractivity contribution is -0.139. The van der Waals surface area contributed by atoms with Gasteiger partial charge < -0.3 is 16.2 Å². The maximum Gasteiger partial charge on any atom is 0.320 e. The van der Waals surface area contributed by atoms with Gasteiger partial charge in [0.15, 0.2) is 0 Å². The van der Waals surface area contributed by atoms with Gasteiger partial charge in [0, 0.05) is 13.0 Å². The zero-order valence-corrected chi connectivity index (χ0v) is 11.1. The number of primary amides is 1. The molecule has 19 heavy (non-hydrogen) atoms. The van der Waals surface area contributed by atoms with E-state index in [1.54, 1.807) is 0 Å². The summed E-state index contributed by atoms with van der Waals surface area (Å²) in [6, 6.07) is 7.24. The molecule has 5 nitrogen and oxygen atoms in total. The lowest BCUT2D eigenvalue weighted by atomic mass is 10.1. The molecule has 0 aliphatic heterocycles. The summed E-state index contributed by atoms with van der Waals surface area (Å²) in [6.07, 6.45) is 1.25. The maximum absolute atomic E-state index is 11.0. The van der Waals surface area contributed by atoms with Crippen molar-refractivity contribution in [3.05, 3.63) is 35.4 Å². The fraction of sp³-hybridized carbons (Fsp3) is 0.429. The Morgan fingerprint density at radius 2 is 1.84 bits per heavy atom. The first-order chi connectivity index (χ1) is 9.02. The summed E-state index contributed by atoms with van der Waals surface area (Å²) in [5.41, 5.74) is 7.28. The number of aryl methyl sites for hydroxylation is 1. The van der Waals surface area contributed by atoms with Crippen LogP contribution in [0.1, 0.15) is 30.9 Å². The molecule has 1 unspecified atom stereocenters. The van der Waals surface area contributed by atoms with E-state index in [-0.39, 0.29) is 12.8 Å². The van der Waals surface area contributed by atoms with Gasteiger partial charge >= 0.3 is 5.97 Å². The predicted molar refractivity (Wildman–Crippen MR) is 72.5 cm³/mol. The van der Waals surface area contributed by atoms with Gasteiger partial charge in [-0.2, -0.15) is 0 Å². The van der Waals surface area contributed by atoms with Crippen LogP contribution >= 0.6 is 0 Å². The molecule has 0 saturated carbocycles. The number of nitrogens with two attached hydrogens (primary N) is 1. The molecule has 0 aromatic heterocycles. The second kappa shape index (κ2) is 7.53. The average molecular weight is 264 g/mol. The molecule has 0 spiro atoms. The molecule has 0 heterocycles. The molecule has 0 fully saturated rings. The molecule has 5 heteroatoms. The molecule has 0 radical (unpaired) electrons. The maximum atomic E-state index is 11.0. The molecule has 104 valence electrons. The molecular formula is C14H20N2O3. The van der Waals surface area contributed by atoms with Crippen LogP contribution in [0.2, 0.25) is 0 Å². The van der Waals surface area contributed by atoms with Crippen LogP contribution in [-0.4, -0.2) is 23.0 Å². The first-order valence-corrected chi connectivity index (χ1v) is 6.35. The number of hydrogen-bond acceptors (Lipinski definition) is 3. The van der Waals surface area contributed by atoms with E-state index < -0.39 is 17.9 Å². The van der Waals surface area contributed by atoms with Crippen molar-refractivity contribution < 1.29 is 14.7 Å². The fourth-order valence-electron chi connectivity index (χ4n) is 1.73. The molecule has 1 atom stereocenters. The van der Waals surface area contributed by atoms with Gasteiger partial charge in [-0.05, 0) is 24.0 Å². The molecule has 0 bridgehead atoms. The van der Waals surface area contributed by atoms with Crippen molar-refractivity contribution in [3.8, 4) is 0 Å². The van der Waals surface area contributed by atoms with Crippen LogP contribution in [0, 0.1) is 0 Å². The first kappa shape index (κ1) is 15.2. The van der Waals surface area contributed by atoms with Crippen molar-refractivity contribution in [2.24, 2.45) is 5.73 Å². The Labute approximate surface area is 112 Å². The molecular weight excluding hydrogens is 244 g/mol. The monoisotopic (exact) mass is 264 g/mol. The van der Waals surface area contributed by atoms with Crippen molar-refractivity contribution in [3.63, 3.8) is 0 Å². The fourth-order valence-corrected chi connectivity index (χ4v) is 1.73. The standard InChI is InChI=1S/C14H20N2O3/c1-2-10-3-5-11(6-4-10)9-16-12(14(18)19)7-8-13(15)17/h3-6,12,16H,2,7-9H2,1H3,(H2,15,17)(H,18,19). The summed E-state index contributed by atoms with van der Waals surface area (Å²) < 4.78 is 0. The second-order valence-electron chi connectivity index (χ2n) is 4.45. The van der Waals surface area contributed by atoms with Crippen LogP contribution in [0.25, 0.3) is 0 Å². The number of carboxylic acids is 1. The van der Waals surface area contributed by atoms with E-state index in [0.29, 0.717) is 6.54 Å². The number of carboxylic acid groups (broad SMARTS) is 1. The van der Waals surface area contributed by atoms with Crippen LogP contribution in [0.4, 0.5) is 0 Å². The van der Waals surface area contributed by atoms with E-state index in [9.17, 15) is 9.59 Å². The quantitative estimate of drug-likeness (QED) is 0.654. The van der Waals surface area contributed by atoms with Gasteiger partial charge in [0.1, 0.15) is 6.04 Å². The lowest BCUT2D eigenvalue weighted by Gasteiger charge is -2.13. The van der Waals surface area contributed by atoms with Crippen LogP contribution in [-0.2, 0) is 22.6 Å². The normalized spacial score (nSPS) is 12.1. The molecule has 0 aliphatic carbocycles. The summed E-state index contributed by atoms with van der Waals surface area (Å²) in [5, 5.41) is 12.0. The Morgan fingerprint density at radius 1 is 1.26 bits per heavy atom. The van der Waals surface area contributed by atoms with Crippen LogP contribution in [0.15, 0.2) is 24.3 Å². The van der Waals surface area contributed by atoms with E-state index in [2.05, 4.69) is 12.2 Å². The minimum Gasteiger partial charge on any atom is -0.480 e. The van der Waals surface area contributed by atoms with Gasteiger partial charge in [-0.3, -0.25) is 9.59 Å². The molecule has 1 rings (SSSR count). The third kappa shape index (κ3) is 5.52. The predicted octanol–water partition coefficient (Wildman–Crippen LogP) is 1.06. The SMILES string of the molecule is CCc1ccc(CNC(CCC(N)=O)C(=O)O)cc1. The van der Waals surface area contributed by atoms with E-state index in [1.165, 1.54) is 5.56 Å². The number of hydrogen-bond donors (Lipinski definition) is 3. The van der Waals surface area contributed by atoms with Gasteiger partial charge in [-0.25, -0.2) is 0 Å². The van der Waals surface area contributed by atoms with Crippen LogP contribution in [0.5, 0.6) is 0 Å². The summed E-state index contributed by atoms with van der Waals surface area (Å²) in [4.78, 5) is 21.7. The van der Waals surface area contributed by atoms with Crippen LogP contribution < -0.4 is 11.1 Å². The summed E-state index contributed by atoms with van der Waals surface area (Å²) in [5.74, 6) is -1.45. The highest BCUT2D eigenvalue weighted by Crippen LogP contribution is 2.06. The van der Waals surface area contributed by atoms with Crippen molar-refractivity contribution >= 4 is 11.9 Å². The number of carbonyl (C=O) groups excluding carboxylic acids is 1. The van der Waals surface area contributed by atoms with Gasteiger partial charge in [-0.1, -0.05) is 31.2 Å². The summed E-state index contributed by atoms with van der Waals surface area (Å²) >= 11 is 0. The minimum absolute atomic E-state index is 0.0682. The lowest BCUT2D eigenvalue weighted by Crippen LogP contribution is -2.37. The molecule has 4 N–H and O–H groups in total. The van der Waals surface area contributed by atoms with Crippen molar-refractivity contribution in [2.75, 3.05) is 0 Å². The number of rotatable bonds is 8. The Kier molecular flexibility index (Phi) is 6.02. The number of benzene rings is 1. The van der Waals surface area contributed by atoms with Crippen molar-refractivity contribution in [1.29, 1.82) is 0 Å². The van der Waals surface area contributed by atoms with Gasteiger partial charge in [0.2, 0.25) is 5.91 Å². The number of amides is 1. The highest BCUT2D eigenvalue weighted by molar-refractivity contribution is 5.77. The average Bonchev–Trinajstić information content (AvgIpc) is 2.38. The van der Waals surface area contributed by atoms with Gasteiger partial charge in [-0.15, -0.1) is 0 Å². The summed E-state index contributed by atoms with van der Waals surface area (Å²) in [7, 11) is 0. The van der Waals surface area contributed by atoms with E-state index in [1.807, 2.05) is 24.3 Å². The van der Waals surface area contributed by atoms with E-state index >= 15 is 0 Å². The first-order valence-electron chi connectivity index (χ1n) is 6.35. The molecule has 1 aromatic rings. The van der Waals surface area contributed by atoms with E-state index in [0.717, 1.165) is 12.0 Å². The molecule has 0 saturated heterocycles. The topological polar surface area (TPSA) is 92.4 Å². The van der Waals surface area contributed by atoms with Crippen LogP contribution in [0.3, 0.4) is 0 Å². The molecule has 0 aliphatic rings. The number of carbonyl (C=O) groups is 2. The smallest absolute Gasteiger partial charge is 0.320 e.